The Hall–Kier alpha value is -2.04. The molecule has 0 bridgehead atoms. The van der Waals surface area contributed by atoms with Gasteiger partial charge in [0.25, 0.3) is 0 Å². The third-order valence-electron chi connectivity index (χ3n) is 6.20. The molecule has 0 spiro atoms. The van der Waals surface area contributed by atoms with E-state index in [0.717, 1.165) is 48.6 Å². The van der Waals surface area contributed by atoms with Crippen molar-refractivity contribution in [1.82, 2.24) is 4.90 Å². The highest BCUT2D eigenvalue weighted by Gasteiger charge is 2.36. The van der Waals surface area contributed by atoms with Gasteiger partial charge in [0.15, 0.2) is 0 Å². The average molecular weight is 397 g/mol. The molecule has 1 aliphatic heterocycles. The van der Waals surface area contributed by atoms with E-state index in [1.165, 1.54) is 16.7 Å². The van der Waals surface area contributed by atoms with Crippen LogP contribution in [0.5, 0.6) is 11.5 Å². The summed E-state index contributed by atoms with van der Waals surface area (Å²) >= 11 is 0. The minimum absolute atomic E-state index is 0.0696. The predicted molar refractivity (Wildman–Crippen MR) is 116 cm³/mol. The van der Waals surface area contributed by atoms with Crippen molar-refractivity contribution < 1.29 is 14.6 Å². The van der Waals surface area contributed by atoms with Gasteiger partial charge < -0.3 is 9.47 Å². The van der Waals surface area contributed by atoms with Crippen LogP contribution in [0.2, 0.25) is 0 Å². The first kappa shape index (κ1) is 21.7. The Labute approximate surface area is 175 Å². The molecule has 0 saturated carbocycles. The highest BCUT2D eigenvalue weighted by molar-refractivity contribution is 5.59. The third-order valence-corrected chi connectivity index (χ3v) is 6.20. The Kier molecular flexibility index (Phi) is 6.86. The smallest absolute Gasteiger partial charge is 0.127 e. The Morgan fingerprint density at radius 3 is 2.48 bits per heavy atom. The van der Waals surface area contributed by atoms with E-state index in [9.17, 15) is 5.11 Å². The Morgan fingerprint density at radius 1 is 1.10 bits per heavy atom. The van der Waals surface area contributed by atoms with Gasteiger partial charge in [-0.3, -0.25) is 4.90 Å². The monoisotopic (exact) mass is 396 g/mol. The van der Waals surface area contributed by atoms with Crippen molar-refractivity contribution in [3.05, 3.63) is 58.1 Å². The fraction of sp³-hybridized carbons (Fsp3) is 0.520. The van der Waals surface area contributed by atoms with Crippen LogP contribution in [0.25, 0.3) is 0 Å². The summed E-state index contributed by atoms with van der Waals surface area (Å²) in [6.07, 6.45) is 1.91. The molecule has 0 amide bonds. The zero-order valence-electron chi connectivity index (χ0n) is 18.5. The molecule has 1 atom stereocenters. The third kappa shape index (κ3) is 4.76. The second-order valence-corrected chi connectivity index (χ2v) is 8.41. The number of fused-ring (bicyclic) bond motifs is 1. The van der Waals surface area contributed by atoms with Crippen LogP contribution in [0.4, 0.5) is 0 Å². The summed E-state index contributed by atoms with van der Waals surface area (Å²) in [5.41, 5.74) is 5.66. The normalized spacial score (nSPS) is 18.4. The summed E-state index contributed by atoms with van der Waals surface area (Å²) in [4.78, 5) is 2.20. The van der Waals surface area contributed by atoms with Crippen LogP contribution in [-0.4, -0.2) is 36.7 Å². The van der Waals surface area contributed by atoms with Gasteiger partial charge in [0.05, 0.1) is 6.61 Å². The van der Waals surface area contributed by atoms with Crippen LogP contribution in [0.15, 0.2) is 30.3 Å². The maximum atomic E-state index is 11.1. The number of rotatable bonds is 8. The summed E-state index contributed by atoms with van der Waals surface area (Å²) in [6.45, 7) is 13.4. The van der Waals surface area contributed by atoms with E-state index in [4.69, 9.17) is 9.47 Å². The second kappa shape index (κ2) is 9.19. The zero-order valence-corrected chi connectivity index (χ0v) is 18.5. The minimum Gasteiger partial charge on any atom is -0.488 e. The molecule has 157 valence electrons. The number of hydrogen-bond donors (Lipinski definition) is 0. The maximum absolute atomic E-state index is 11.1. The SMILES string of the molecule is CCN(CC[O])CC1(C)CCc2c(C)c(OCc3ccccc3)c(C)c(C)c2O1. The number of ether oxygens (including phenoxy) is 2. The zero-order chi connectivity index (χ0) is 21.0. The van der Waals surface area contributed by atoms with E-state index >= 15 is 0 Å². The van der Waals surface area contributed by atoms with Crippen LogP contribution in [0.3, 0.4) is 0 Å². The van der Waals surface area contributed by atoms with Crippen molar-refractivity contribution in [2.75, 3.05) is 26.2 Å². The molecule has 29 heavy (non-hydrogen) atoms. The Morgan fingerprint density at radius 2 is 1.83 bits per heavy atom. The first-order valence-electron chi connectivity index (χ1n) is 10.7. The van der Waals surface area contributed by atoms with Gasteiger partial charge in [-0.25, -0.2) is 5.11 Å². The van der Waals surface area contributed by atoms with E-state index < -0.39 is 0 Å². The molecule has 1 unspecified atom stereocenters. The maximum Gasteiger partial charge on any atom is 0.127 e. The summed E-state index contributed by atoms with van der Waals surface area (Å²) in [7, 11) is 0. The molecular formula is C25H34NO3. The fourth-order valence-corrected chi connectivity index (χ4v) is 4.29. The lowest BCUT2D eigenvalue weighted by Gasteiger charge is -2.40. The van der Waals surface area contributed by atoms with Crippen molar-refractivity contribution in [2.24, 2.45) is 0 Å². The van der Waals surface area contributed by atoms with E-state index in [-0.39, 0.29) is 12.2 Å². The molecule has 1 heterocycles. The second-order valence-electron chi connectivity index (χ2n) is 8.41. The van der Waals surface area contributed by atoms with Gasteiger partial charge in [-0.15, -0.1) is 0 Å². The number of likely N-dealkylation sites (N-methyl/N-ethyl adjacent to an activating group) is 1. The molecule has 2 aromatic rings. The van der Waals surface area contributed by atoms with Crippen LogP contribution in [0.1, 0.15) is 48.1 Å². The molecule has 3 rings (SSSR count). The Bertz CT molecular complexity index is 834. The van der Waals surface area contributed by atoms with Crippen LogP contribution < -0.4 is 9.47 Å². The minimum atomic E-state index is -0.270. The van der Waals surface area contributed by atoms with Gasteiger partial charge >= 0.3 is 0 Å². The molecule has 4 heteroatoms. The molecule has 0 aromatic heterocycles. The van der Waals surface area contributed by atoms with E-state index in [0.29, 0.717) is 13.2 Å². The lowest BCUT2D eigenvalue weighted by molar-refractivity contribution is 0.0175. The predicted octanol–water partition coefficient (Wildman–Crippen LogP) is 5.03. The number of hydrogen-bond acceptors (Lipinski definition) is 3. The molecule has 0 aliphatic carbocycles. The largest absolute Gasteiger partial charge is 0.488 e. The van der Waals surface area contributed by atoms with Crippen molar-refractivity contribution in [3.8, 4) is 11.5 Å². The van der Waals surface area contributed by atoms with Gasteiger partial charge in [0, 0.05) is 18.7 Å². The van der Waals surface area contributed by atoms with Gasteiger partial charge in [-0.1, -0.05) is 37.3 Å². The molecule has 0 saturated heterocycles. The topological polar surface area (TPSA) is 41.6 Å². The fourth-order valence-electron chi connectivity index (χ4n) is 4.29. The van der Waals surface area contributed by atoms with Gasteiger partial charge in [0.2, 0.25) is 0 Å². The number of nitrogens with zero attached hydrogens (tertiary/aromatic N) is 1. The molecule has 2 aromatic carbocycles. The van der Waals surface area contributed by atoms with Crippen LogP contribution in [0, 0.1) is 20.8 Å². The summed E-state index contributed by atoms with van der Waals surface area (Å²) < 4.78 is 12.9. The molecule has 0 N–H and O–H groups in total. The lowest BCUT2D eigenvalue weighted by Crippen LogP contribution is -2.48. The van der Waals surface area contributed by atoms with Crippen molar-refractivity contribution in [1.29, 1.82) is 0 Å². The summed E-state index contributed by atoms with van der Waals surface area (Å²) in [6, 6.07) is 10.3. The van der Waals surface area contributed by atoms with Gasteiger partial charge in [-0.05, 0) is 69.3 Å². The molecule has 0 fully saturated rings. The van der Waals surface area contributed by atoms with Gasteiger partial charge in [-0.2, -0.15) is 0 Å². The molecule has 1 aliphatic rings. The Balaban J connectivity index is 1.84. The van der Waals surface area contributed by atoms with Gasteiger partial charge in [0.1, 0.15) is 23.7 Å². The summed E-state index contributed by atoms with van der Waals surface area (Å²) in [5.74, 6) is 2.00. The van der Waals surface area contributed by atoms with Crippen LogP contribution >= 0.6 is 0 Å². The van der Waals surface area contributed by atoms with E-state index in [1.807, 2.05) is 18.2 Å². The first-order chi connectivity index (χ1) is 13.9. The molecule has 4 nitrogen and oxygen atoms in total. The first-order valence-corrected chi connectivity index (χ1v) is 10.7. The standard InChI is InChI=1S/C25H34NO3/c1-6-26(14-15-27)17-25(5)13-12-22-20(4)23(18(2)19(3)24(22)29-25)28-16-21-10-8-7-9-11-21/h7-11H,6,12-17H2,1-5H3. The van der Waals surface area contributed by atoms with Crippen molar-refractivity contribution >= 4 is 0 Å². The van der Waals surface area contributed by atoms with Crippen LogP contribution in [-0.2, 0) is 18.1 Å². The quantitative estimate of drug-likeness (QED) is 0.629. The van der Waals surface area contributed by atoms with Crippen molar-refractivity contribution in [2.45, 2.75) is 59.7 Å². The van der Waals surface area contributed by atoms with E-state index in [1.54, 1.807) is 0 Å². The molecule has 1 radical (unpaired) electrons. The van der Waals surface area contributed by atoms with E-state index in [2.05, 4.69) is 51.7 Å². The van der Waals surface area contributed by atoms with Crippen molar-refractivity contribution in [3.63, 3.8) is 0 Å². The molecular weight excluding hydrogens is 362 g/mol. The summed E-state index contributed by atoms with van der Waals surface area (Å²) in [5, 5.41) is 11.1. The average Bonchev–Trinajstić information content (AvgIpc) is 2.72. The number of benzene rings is 2. The highest BCUT2D eigenvalue weighted by atomic mass is 16.5. The lowest BCUT2D eigenvalue weighted by atomic mass is 9.86. The highest BCUT2D eigenvalue weighted by Crippen LogP contribution is 2.44.